The van der Waals surface area contributed by atoms with Gasteiger partial charge >= 0.3 is 6.03 Å². The SMILES string of the molecule is COc1cc(N=Nc2ccc(NC(C)=O)cc2S(=O)(=O)O)ccc1N=Nc1cc(OCCCS(=O)(=O)O)c(NC(=O)Nc2cc(C)c(N=Nc3ccc(N=Nc4ccc(NC(C)=O)cc4S(=O)(=O)O)cc3OC)cc2OCCCS(=O)(=O)O)cc1C. The smallest absolute Gasteiger partial charge is 0.323 e. The molecule has 6 aromatic carbocycles. The molecule has 35 heteroatoms. The normalized spacial score (nSPS) is 12.2. The van der Waals surface area contributed by atoms with E-state index in [9.17, 15) is 66.3 Å². The fraction of sp³-hybridized carbons (Fsp3) is 0.235. The first-order valence-corrected chi connectivity index (χ1v) is 30.8. The van der Waals surface area contributed by atoms with E-state index in [1.54, 1.807) is 13.8 Å². The second kappa shape index (κ2) is 28.6. The third-order valence-electron chi connectivity index (χ3n) is 11.2. The monoisotopic (exact) mass is 1270 g/mol. The first-order chi connectivity index (χ1) is 40.4. The van der Waals surface area contributed by atoms with E-state index in [0.717, 1.165) is 12.1 Å². The van der Waals surface area contributed by atoms with E-state index >= 15 is 0 Å². The molecule has 6 aromatic rings. The summed E-state index contributed by atoms with van der Waals surface area (Å²) in [6.07, 6.45) is -0.356. The highest BCUT2D eigenvalue weighted by molar-refractivity contribution is 7.86. The van der Waals surface area contributed by atoms with Crippen LogP contribution in [0.15, 0.2) is 148 Å². The third-order valence-corrected chi connectivity index (χ3v) is 14.6. The van der Waals surface area contributed by atoms with Gasteiger partial charge in [0.05, 0.1) is 73.1 Å². The molecule has 6 rings (SSSR count). The van der Waals surface area contributed by atoms with Crippen LogP contribution in [0.2, 0.25) is 0 Å². The molecule has 0 bridgehead atoms. The summed E-state index contributed by atoms with van der Waals surface area (Å²) in [5, 5.41) is 43.5. The Morgan fingerprint density at radius 2 is 0.779 bits per heavy atom. The second-order valence-corrected chi connectivity index (χ2v) is 23.9. The maximum atomic E-state index is 13.9. The van der Waals surface area contributed by atoms with E-state index in [2.05, 4.69) is 62.2 Å². The minimum absolute atomic E-state index is 0.0342. The summed E-state index contributed by atoms with van der Waals surface area (Å²) in [5.41, 5.74) is 1.63. The van der Waals surface area contributed by atoms with E-state index in [-0.39, 0.29) is 117 Å². The molecule has 0 atom stereocenters. The molecule has 0 aliphatic rings. The average molecular weight is 1270 g/mol. The zero-order chi connectivity index (χ0) is 63.1. The van der Waals surface area contributed by atoms with Crippen molar-refractivity contribution in [2.75, 3.05) is 60.2 Å². The van der Waals surface area contributed by atoms with Crippen molar-refractivity contribution in [1.29, 1.82) is 0 Å². The Hall–Kier alpha value is -9.23. The van der Waals surface area contributed by atoms with Crippen LogP contribution in [0.25, 0.3) is 0 Å². The number of nitrogens with one attached hydrogen (secondary N) is 4. The van der Waals surface area contributed by atoms with Crippen LogP contribution in [0.4, 0.5) is 73.0 Å². The lowest BCUT2D eigenvalue weighted by atomic mass is 10.1. The number of carbonyl (C=O) groups excluding carboxylic acids is 3. The van der Waals surface area contributed by atoms with Gasteiger partial charge in [0.2, 0.25) is 11.8 Å². The van der Waals surface area contributed by atoms with Gasteiger partial charge in [-0.1, -0.05) is 0 Å². The zero-order valence-electron chi connectivity index (χ0n) is 46.1. The number of anilines is 4. The number of nitrogens with zero attached hydrogens (tertiary/aromatic N) is 8. The van der Waals surface area contributed by atoms with E-state index in [0.29, 0.717) is 11.1 Å². The van der Waals surface area contributed by atoms with Crippen molar-refractivity contribution in [3.05, 3.63) is 108 Å². The van der Waals surface area contributed by atoms with Crippen LogP contribution in [-0.2, 0) is 50.1 Å². The number of benzene rings is 6. The minimum atomic E-state index is -4.80. The summed E-state index contributed by atoms with van der Waals surface area (Å²) in [7, 11) is -15.7. The van der Waals surface area contributed by atoms with Gasteiger partial charge in [0, 0.05) is 49.5 Å². The molecule has 0 spiro atoms. The molecule has 0 fully saturated rings. The lowest BCUT2D eigenvalue weighted by Gasteiger charge is -2.17. The van der Waals surface area contributed by atoms with Crippen LogP contribution < -0.4 is 40.2 Å². The van der Waals surface area contributed by atoms with Crippen LogP contribution in [-0.4, -0.2) is 109 Å². The van der Waals surface area contributed by atoms with Crippen molar-refractivity contribution in [2.24, 2.45) is 40.9 Å². The van der Waals surface area contributed by atoms with Gasteiger partial charge in [-0.05, 0) is 111 Å². The van der Waals surface area contributed by atoms with Crippen molar-refractivity contribution >= 4 is 127 Å². The molecule has 31 nitrogen and oxygen atoms in total. The number of hydrogen-bond donors (Lipinski definition) is 8. The van der Waals surface area contributed by atoms with Crippen LogP contribution in [0.3, 0.4) is 0 Å². The Morgan fingerprint density at radius 3 is 1.12 bits per heavy atom. The molecule has 0 aromatic heterocycles. The van der Waals surface area contributed by atoms with Crippen molar-refractivity contribution in [1.82, 2.24) is 0 Å². The van der Waals surface area contributed by atoms with Crippen LogP contribution in [0, 0.1) is 13.8 Å². The predicted octanol–water partition coefficient (Wildman–Crippen LogP) is 11.3. The predicted molar refractivity (Wildman–Crippen MR) is 312 cm³/mol. The number of carbonyl (C=O) groups is 3. The second-order valence-electron chi connectivity index (χ2n) is 18.0. The summed E-state index contributed by atoms with van der Waals surface area (Å²) >= 11 is 0. The molecule has 0 unspecified atom stereocenters. The number of hydrogen-bond acceptors (Lipinski definition) is 23. The molecular weight excluding hydrogens is 1210 g/mol. The molecule has 8 N–H and O–H groups in total. The van der Waals surface area contributed by atoms with Crippen molar-refractivity contribution in [2.45, 2.75) is 50.3 Å². The summed E-state index contributed by atoms with van der Waals surface area (Å²) in [6, 6.07) is 20.6. The van der Waals surface area contributed by atoms with Gasteiger partial charge in [-0.25, -0.2) is 4.79 Å². The van der Waals surface area contributed by atoms with E-state index in [4.69, 9.17) is 18.9 Å². The van der Waals surface area contributed by atoms with Gasteiger partial charge in [0.15, 0.2) is 0 Å². The topological polar surface area (TPSA) is 453 Å². The Bertz CT molecular complexity index is 3920. The average Bonchev–Trinajstić information content (AvgIpc) is 3.58. The fourth-order valence-electron chi connectivity index (χ4n) is 7.36. The number of amides is 4. The summed E-state index contributed by atoms with van der Waals surface area (Å²) in [5.74, 6) is -2.09. The molecule has 0 saturated carbocycles. The molecule has 0 saturated heterocycles. The molecular formula is C51H54N12O19S4. The summed E-state index contributed by atoms with van der Waals surface area (Å²) in [6.45, 7) is 5.12. The maximum Gasteiger partial charge on any atom is 0.323 e. The number of aryl methyl sites for hydroxylation is 2. The number of rotatable bonds is 26. The van der Waals surface area contributed by atoms with Gasteiger partial charge in [-0.3, -0.25) is 27.8 Å². The molecule has 4 amide bonds. The van der Waals surface area contributed by atoms with Gasteiger partial charge in [-0.15, -0.1) is 20.5 Å². The van der Waals surface area contributed by atoms with E-state index in [1.807, 2.05) is 0 Å². The summed E-state index contributed by atoms with van der Waals surface area (Å²) in [4.78, 5) is 35.6. The fourth-order valence-corrected chi connectivity index (χ4v) is 9.62. The molecule has 0 heterocycles. The molecule has 0 aliphatic heterocycles. The van der Waals surface area contributed by atoms with Gasteiger partial charge in [-0.2, -0.15) is 54.1 Å². The highest BCUT2D eigenvalue weighted by Crippen LogP contribution is 2.41. The number of methoxy groups -OCH3 is 2. The Kier molecular flexibility index (Phi) is 21.9. The Labute approximate surface area is 492 Å². The largest absolute Gasteiger partial charge is 0.494 e. The highest BCUT2D eigenvalue weighted by Gasteiger charge is 2.21. The first-order valence-electron chi connectivity index (χ1n) is 24.7. The van der Waals surface area contributed by atoms with Gasteiger partial charge in [0.1, 0.15) is 55.5 Å². The Morgan fingerprint density at radius 1 is 0.430 bits per heavy atom. The maximum absolute atomic E-state index is 13.9. The quantitative estimate of drug-likeness (QED) is 0.0142. The number of ether oxygens (including phenoxy) is 4. The zero-order valence-corrected chi connectivity index (χ0v) is 49.4. The van der Waals surface area contributed by atoms with Crippen LogP contribution >= 0.6 is 0 Å². The first kappa shape index (κ1) is 65.9. The third kappa shape index (κ3) is 20.0. The number of urea groups is 1. The summed E-state index contributed by atoms with van der Waals surface area (Å²) < 4.78 is 156. The van der Waals surface area contributed by atoms with Crippen molar-refractivity contribution in [3.63, 3.8) is 0 Å². The molecule has 86 heavy (non-hydrogen) atoms. The molecule has 456 valence electrons. The highest BCUT2D eigenvalue weighted by atomic mass is 32.2. The standard InChI is InChI=1S/C51H54N12O19S4/c1-29-21-43(47(81-17-7-19-83(67,68)69)27-41(29)62-58-37-13-11-35(23-45(37)79-5)56-60-39-15-9-33(52-31(3)64)25-49(39)85(73,74)75)54-51(66)55-44-22-30(2)42(28-48(44)82-18-8-20-84(70,71)72)63-59-38-14-12-36(24-46(38)80-6)57-61-40-16-10-34(53-32(4)65)26-50(40)86(76,77)78/h9-16,21-28H,7-8,17-20H2,1-6H3,(H,52,64)(H,53,65)(H2,54,55,66)(H,67,68,69)(H,70,71,72)(H,73,74,75)(H,76,77,78). The number of azo groups is 4. The Balaban J connectivity index is 1.25. The van der Waals surface area contributed by atoms with Crippen LogP contribution in [0.5, 0.6) is 23.0 Å². The van der Waals surface area contributed by atoms with E-state index in [1.165, 1.54) is 113 Å². The molecule has 0 aliphatic carbocycles. The molecule has 0 radical (unpaired) electrons. The van der Waals surface area contributed by atoms with Gasteiger partial charge < -0.3 is 40.2 Å². The lowest BCUT2D eigenvalue weighted by molar-refractivity contribution is -0.115. The van der Waals surface area contributed by atoms with Gasteiger partial charge in [0.25, 0.3) is 40.5 Å². The van der Waals surface area contributed by atoms with E-state index < -0.39 is 79.6 Å². The lowest BCUT2D eigenvalue weighted by Crippen LogP contribution is -2.21. The van der Waals surface area contributed by atoms with Crippen molar-refractivity contribution in [3.8, 4) is 23.0 Å². The van der Waals surface area contributed by atoms with Crippen LogP contribution in [0.1, 0.15) is 37.8 Å². The minimum Gasteiger partial charge on any atom is -0.494 e. The van der Waals surface area contributed by atoms with Crippen molar-refractivity contribution < 1.29 is 85.2 Å².